The van der Waals surface area contributed by atoms with Gasteiger partial charge in [-0.25, -0.2) is 4.79 Å². The summed E-state index contributed by atoms with van der Waals surface area (Å²) in [5.74, 6) is 1.50. The van der Waals surface area contributed by atoms with E-state index >= 15 is 0 Å². The number of carbonyl (C=O) groups excluding carboxylic acids is 1. The van der Waals surface area contributed by atoms with Gasteiger partial charge in [-0.15, -0.1) is 0 Å². The second-order valence-corrected chi connectivity index (χ2v) is 7.06. The molecular formula is C16H25NO3S. The van der Waals surface area contributed by atoms with Crippen LogP contribution in [0.15, 0.2) is 24.3 Å². The third-order valence-corrected chi connectivity index (χ3v) is 3.83. The van der Waals surface area contributed by atoms with Crippen LogP contribution in [0.5, 0.6) is 0 Å². The van der Waals surface area contributed by atoms with Crippen LogP contribution in [0.25, 0.3) is 0 Å². The highest BCUT2D eigenvalue weighted by molar-refractivity contribution is 7.98. The molecule has 0 fully saturated rings. The fourth-order valence-corrected chi connectivity index (χ4v) is 2.64. The Balaban J connectivity index is 2.34. The SMILES string of the molecule is Cc1ccc(CSC[C@@H](CO)NC(=O)OC(C)(C)C)cc1. The molecule has 0 aliphatic carbocycles. The van der Waals surface area contributed by atoms with Gasteiger partial charge in [-0.2, -0.15) is 11.8 Å². The van der Waals surface area contributed by atoms with Crippen molar-refractivity contribution in [2.24, 2.45) is 0 Å². The number of aryl methyl sites for hydroxylation is 1. The topological polar surface area (TPSA) is 58.6 Å². The summed E-state index contributed by atoms with van der Waals surface area (Å²) in [5.41, 5.74) is 1.95. The van der Waals surface area contributed by atoms with Crippen LogP contribution in [0, 0.1) is 6.92 Å². The Kier molecular flexibility index (Phi) is 7.05. The van der Waals surface area contributed by atoms with E-state index in [2.05, 4.69) is 36.5 Å². The van der Waals surface area contributed by atoms with Crippen LogP contribution in [0.1, 0.15) is 31.9 Å². The van der Waals surface area contributed by atoms with Crippen molar-refractivity contribution in [1.29, 1.82) is 0 Å². The largest absolute Gasteiger partial charge is 0.444 e. The molecule has 118 valence electrons. The summed E-state index contributed by atoms with van der Waals surface area (Å²) in [4.78, 5) is 11.6. The molecule has 0 saturated carbocycles. The highest BCUT2D eigenvalue weighted by atomic mass is 32.2. The lowest BCUT2D eigenvalue weighted by Gasteiger charge is -2.22. The van der Waals surface area contributed by atoms with Crippen LogP contribution < -0.4 is 5.32 Å². The van der Waals surface area contributed by atoms with Crippen molar-refractivity contribution in [3.8, 4) is 0 Å². The Bertz CT molecular complexity index is 440. The molecule has 2 N–H and O–H groups in total. The Morgan fingerprint density at radius 2 is 1.95 bits per heavy atom. The predicted molar refractivity (Wildman–Crippen MR) is 87.6 cm³/mol. The molecule has 0 aliphatic rings. The summed E-state index contributed by atoms with van der Waals surface area (Å²) in [6, 6.07) is 8.06. The lowest BCUT2D eigenvalue weighted by molar-refractivity contribution is 0.0491. The normalized spacial score (nSPS) is 12.8. The second kappa shape index (κ2) is 8.29. The standard InChI is InChI=1S/C16H25NO3S/c1-12-5-7-13(8-6-12)10-21-11-14(9-18)17-15(19)20-16(2,3)4/h5-8,14,18H,9-11H2,1-4H3,(H,17,19)/t14-/m1/s1. The summed E-state index contributed by atoms with van der Waals surface area (Å²) in [7, 11) is 0. The van der Waals surface area contributed by atoms with Crippen molar-refractivity contribution in [1.82, 2.24) is 5.32 Å². The minimum atomic E-state index is -0.529. The highest BCUT2D eigenvalue weighted by Gasteiger charge is 2.19. The van der Waals surface area contributed by atoms with Crippen LogP contribution in [0.3, 0.4) is 0 Å². The van der Waals surface area contributed by atoms with Gasteiger partial charge in [0.25, 0.3) is 0 Å². The van der Waals surface area contributed by atoms with Crippen LogP contribution in [0.2, 0.25) is 0 Å². The Morgan fingerprint density at radius 1 is 1.33 bits per heavy atom. The molecule has 5 heteroatoms. The summed E-state index contributed by atoms with van der Waals surface area (Å²) in [6.07, 6.45) is -0.488. The van der Waals surface area contributed by atoms with Gasteiger partial charge in [0.15, 0.2) is 0 Å². The van der Waals surface area contributed by atoms with Crippen molar-refractivity contribution < 1.29 is 14.6 Å². The molecule has 0 unspecified atom stereocenters. The smallest absolute Gasteiger partial charge is 0.407 e. The first-order chi connectivity index (χ1) is 9.80. The van der Waals surface area contributed by atoms with Crippen molar-refractivity contribution in [3.05, 3.63) is 35.4 Å². The summed E-state index contributed by atoms with van der Waals surface area (Å²) in [6.45, 7) is 7.40. The van der Waals surface area contributed by atoms with E-state index < -0.39 is 11.7 Å². The number of aliphatic hydroxyl groups is 1. The first kappa shape index (κ1) is 17.9. The van der Waals surface area contributed by atoms with Crippen molar-refractivity contribution in [2.45, 2.75) is 45.1 Å². The summed E-state index contributed by atoms with van der Waals surface area (Å²) in [5, 5.41) is 12.0. The zero-order valence-electron chi connectivity index (χ0n) is 13.2. The van der Waals surface area contributed by atoms with Crippen LogP contribution >= 0.6 is 11.8 Å². The lowest BCUT2D eigenvalue weighted by atomic mass is 10.2. The monoisotopic (exact) mass is 311 g/mol. The first-order valence-corrected chi connectivity index (χ1v) is 8.19. The van der Waals surface area contributed by atoms with Crippen LogP contribution in [-0.4, -0.2) is 35.2 Å². The molecule has 4 nitrogen and oxygen atoms in total. The van der Waals surface area contributed by atoms with Crippen molar-refractivity contribution >= 4 is 17.9 Å². The van der Waals surface area contributed by atoms with Crippen molar-refractivity contribution in [2.75, 3.05) is 12.4 Å². The lowest BCUT2D eigenvalue weighted by Crippen LogP contribution is -2.42. The number of ether oxygens (including phenoxy) is 1. The van der Waals surface area contributed by atoms with Gasteiger partial charge in [-0.3, -0.25) is 0 Å². The molecule has 1 rings (SSSR count). The molecule has 0 heterocycles. The van der Waals surface area contributed by atoms with E-state index in [1.165, 1.54) is 11.1 Å². The number of nitrogens with one attached hydrogen (secondary N) is 1. The second-order valence-electron chi connectivity index (χ2n) is 6.03. The Morgan fingerprint density at radius 3 is 2.48 bits per heavy atom. The fourth-order valence-electron chi connectivity index (χ4n) is 1.62. The van der Waals surface area contributed by atoms with Gasteiger partial charge in [-0.1, -0.05) is 29.8 Å². The first-order valence-electron chi connectivity index (χ1n) is 7.04. The number of rotatable bonds is 6. The van der Waals surface area contributed by atoms with Gasteiger partial charge >= 0.3 is 6.09 Å². The molecule has 1 atom stereocenters. The van der Waals surface area contributed by atoms with E-state index in [0.29, 0.717) is 5.75 Å². The predicted octanol–water partition coefficient (Wildman–Crippen LogP) is 3.11. The third-order valence-electron chi connectivity index (χ3n) is 2.65. The number of aliphatic hydroxyl groups excluding tert-OH is 1. The average molecular weight is 311 g/mol. The molecular weight excluding hydrogens is 286 g/mol. The molecule has 1 aromatic carbocycles. The quantitative estimate of drug-likeness (QED) is 0.847. The molecule has 0 radical (unpaired) electrons. The average Bonchev–Trinajstić information content (AvgIpc) is 2.37. The van der Waals surface area contributed by atoms with E-state index in [0.717, 1.165) is 5.75 Å². The van der Waals surface area contributed by atoms with E-state index in [1.807, 2.05) is 20.8 Å². The molecule has 0 aliphatic heterocycles. The molecule has 21 heavy (non-hydrogen) atoms. The van der Waals surface area contributed by atoms with Crippen LogP contribution in [0.4, 0.5) is 4.79 Å². The molecule has 0 aromatic heterocycles. The number of carbonyl (C=O) groups is 1. The van der Waals surface area contributed by atoms with Crippen molar-refractivity contribution in [3.63, 3.8) is 0 Å². The maximum absolute atomic E-state index is 11.6. The van der Waals surface area contributed by atoms with E-state index in [-0.39, 0.29) is 12.6 Å². The maximum Gasteiger partial charge on any atom is 0.407 e. The van der Waals surface area contributed by atoms with Gasteiger partial charge in [0.2, 0.25) is 0 Å². The minimum absolute atomic E-state index is 0.0971. The van der Waals surface area contributed by atoms with Gasteiger partial charge in [0.1, 0.15) is 5.60 Å². The number of alkyl carbamates (subject to hydrolysis) is 1. The number of thioether (sulfide) groups is 1. The molecule has 0 spiro atoms. The molecule has 0 saturated heterocycles. The van der Waals surface area contributed by atoms with E-state index in [1.54, 1.807) is 11.8 Å². The van der Waals surface area contributed by atoms with Gasteiger partial charge < -0.3 is 15.2 Å². The molecule has 1 aromatic rings. The molecule has 0 bridgehead atoms. The zero-order valence-corrected chi connectivity index (χ0v) is 14.0. The van der Waals surface area contributed by atoms with Gasteiger partial charge in [0, 0.05) is 11.5 Å². The number of benzene rings is 1. The van der Waals surface area contributed by atoms with E-state index in [4.69, 9.17) is 4.74 Å². The highest BCUT2D eigenvalue weighted by Crippen LogP contribution is 2.14. The Labute approximate surface area is 131 Å². The van der Waals surface area contributed by atoms with E-state index in [9.17, 15) is 9.90 Å². The number of amides is 1. The number of hydrogen-bond acceptors (Lipinski definition) is 4. The Hall–Kier alpha value is -1.20. The minimum Gasteiger partial charge on any atom is -0.444 e. The molecule has 1 amide bonds. The fraction of sp³-hybridized carbons (Fsp3) is 0.562. The van der Waals surface area contributed by atoms with Crippen LogP contribution in [-0.2, 0) is 10.5 Å². The van der Waals surface area contributed by atoms with Gasteiger partial charge in [0.05, 0.1) is 12.6 Å². The summed E-state index contributed by atoms with van der Waals surface area (Å²) >= 11 is 1.67. The summed E-state index contributed by atoms with van der Waals surface area (Å²) < 4.78 is 5.18. The third kappa shape index (κ3) is 7.97. The number of hydrogen-bond donors (Lipinski definition) is 2. The maximum atomic E-state index is 11.6. The van der Waals surface area contributed by atoms with Gasteiger partial charge in [-0.05, 0) is 33.3 Å². The zero-order chi connectivity index (χ0) is 15.9.